The molecule has 0 saturated carbocycles. The highest BCUT2D eigenvalue weighted by molar-refractivity contribution is 5.83. The van der Waals surface area contributed by atoms with E-state index in [2.05, 4.69) is 22.5 Å². The molecule has 0 aliphatic rings. The van der Waals surface area contributed by atoms with Crippen molar-refractivity contribution in [2.24, 2.45) is 0 Å². The fourth-order valence-electron chi connectivity index (χ4n) is 1.36. The van der Waals surface area contributed by atoms with Crippen LogP contribution in [0.25, 0.3) is 0 Å². The van der Waals surface area contributed by atoms with E-state index >= 15 is 0 Å². The van der Waals surface area contributed by atoms with Crippen LogP contribution >= 0.6 is 0 Å². The number of nitrogens with one attached hydrogen (secondary N) is 3. The summed E-state index contributed by atoms with van der Waals surface area (Å²) in [5, 5.41) is 7.72. The molecular formula is C14H19N3O2. The van der Waals surface area contributed by atoms with Gasteiger partial charge in [0.15, 0.2) is 0 Å². The van der Waals surface area contributed by atoms with Gasteiger partial charge in [-0.05, 0) is 12.5 Å². The number of carbonyl (C=O) groups excluding carboxylic acids is 2. The Morgan fingerprint density at radius 3 is 2.47 bits per heavy atom. The number of urea groups is 1. The van der Waals surface area contributed by atoms with Gasteiger partial charge in [0.05, 0.1) is 6.54 Å². The molecule has 1 rings (SSSR count). The molecule has 3 N–H and O–H groups in total. The first-order valence-corrected chi connectivity index (χ1v) is 6.06. The fraction of sp³-hybridized carbons (Fsp3) is 0.286. The minimum Gasteiger partial charge on any atom is -0.351 e. The number of carbonyl (C=O) groups is 2. The molecule has 0 aliphatic carbocycles. The summed E-state index contributed by atoms with van der Waals surface area (Å²) in [6, 6.07) is 7.50. The van der Waals surface area contributed by atoms with Crippen molar-refractivity contribution in [1.29, 1.82) is 0 Å². The second-order valence-electron chi connectivity index (χ2n) is 4.11. The predicted octanol–water partition coefficient (Wildman–Crippen LogP) is 1.10. The van der Waals surface area contributed by atoms with Gasteiger partial charge in [-0.1, -0.05) is 35.9 Å². The zero-order valence-corrected chi connectivity index (χ0v) is 11.0. The first kappa shape index (κ1) is 14.8. The molecule has 0 fully saturated rings. The molecule has 0 bridgehead atoms. The number of amides is 3. The number of aryl methyl sites for hydroxylation is 1. The lowest BCUT2D eigenvalue weighted by Crippen LogP contribution is -2.41. The summed E-state index contributed by atoms with van der Waals surface area (Å²) in [6.07, 6.45) is 1.58. The summed E-state index contributed by atoms with van der Waals surface area (Å²) >= 11 is 0. The van der Waals surface area contributed by atoms with E-state index in [9.17, 15) is 9.59 Å². The second-order valence-corrected chi connectivity index (χ2v) is 4.11. The molecule has 5 nitrogen and oxygen atoms in total. The van der Waals surface area contributed by atoms with Gasteiger partial charge in [0, 0.05) is 13.1 Å². The third kappa shape index (κ3) is 6.26. The van der Waals surface area contributed by atoms with Crippen molar-refractivity contribution in [2.75, 3.05) is 13.1 Å². The van der Waals surface area contributed by atoms with Gasteiger partial charge in [0.1, 0.15) is 0 Å². The highest BCUT2D eigenvalue weighted by atomic mass is 16.2. The van der Waals surface area contributed by atoms with Crippen LogP contribution in [0.15, 0.2) is 36.9 Å². The molecule has 0 aliphatic heterocycles. The minimum absolute atomic E-state index is 0.0480. The minimum atomic E-state index is -0.366. The van der Waals surface area contributed by atoms with Crippen molar-refractivity contribution >= 4 is 11.9 Å². The molecule has 0 radical (unpaired) electrons. The molecule has 0 atom stereocenters. The largest absolute Gasteiger partial charge is 0.351 e. The Kier molecular flexibility index (Phi) is 6.15. The van der Waals surface area contributed by atoms with E-state index in [0.717, 1.165) is 5.56 Å². The summed E-state index contributed by atoms with van der Waals surface area (Å²) in [7, 11) is 0. The van der Waals surface area contributed by atoms with Gasteiger partial charge in [-0.3, -0.25) is 4.79 Å². The SMILES string of the molecule is C=CCNC(=O)CNC(=O)NCc1ccc(C)cc1. The van der Waals surface area contributed by atoms with E-state index in [4.69, 9.17) is 0 Å². The van der Waals surface area contributed by atoms with Crippen molar-refractivity contribution in [2.45, 2.75) is 13.5 Å². The Hall–Kier alpha value is -2.30. The van der Waals surface area contributed by atoms with Crippen LogP contribution in [0, 0.1) is 6.92 Å². The lowest BCUT2D eigenvalue weighted by Gasteiger charge is -2.08. The molecule has 3 amide bonds. The highest BCUT2D eigenvalue weighted by Gasteiger charge is 2.03. The van der Waals surface area contributed by atoms with E-state index in [1.54, 1.807) is 6.08 Å². The van der Waals surface area contributed by atoms with E-state index in [1.165, 1.54) is 5.56 Å². The third-order valence-corrected chi connectivity index (χ3v) is 2.43. The van der Waals surface area contributed by atoms with Gasteiger partial charge < -0.3 is 16.0 Å². The van der Waals surface area contributed by atoms with Gasteiger partial charge in [-0.15, -0.1) is 6.58 Å². The molecule has 0 heterocycles. The molecule has 0 spiro atoms. The first-order valence-electron chi connectivity index (χ1n) is 6.06. The zero-order valence-electron chi connectivity index (χ0n) is 11.0. The molecule has 5 heteroatoms. The maximum Gasteiger partial charge on any atom is 0.315 e. The van der Waals surface area contributed by atoms with Crippen LogP contribution in [0.1, 0.15) is 11.1 Å². The first-order chi connectivity index (χ1) is 9.11. The van der Waals surface area contributed by atoms with Crippen molar-refractivity contribution in [3.63, 3.8) is 0 Å². The molecular weight excluding hydrogens is 242 g/mol. The van der Waals surface area contributed by atoms with Crippen LogP contribution in [0.2, 0.25) is 0 Å². The van der Waals surface area contributed by atoms with Crippen LogP contribution in [0.5, 0.6) is 0 Å². The van der Waals surface area contributed by atoms with Gasteiger partial charge in [-0.25, -0.2) is 4.79 Å². The van der Waals surface area contributed by atoms with E-state index in [1.807, 2.05) is 31.2 Å². The van der Waals surface area contributed by atoms with Crippen LogP contribution in [0.4, 0.5) is 4.79 Å². The Balaban J connectivity index is 2.22. The zero-order chi connectivity index (χ0) is 14.1. The lowest BCUT2D eigenvalue weighted by molar-refractivity contribution is -0.119. The third-order valence-electron chi connectivity index (χ3n) is 2.43. The number of hydrogen-bond acceptors (Lipinski definition) is 2. The van der Waals surface area contributed by atoms with Gasteiger partial charge >= 0.3 is 6.03 Å². The van der Waals surface area contributed by atoms with E-state index < -0.39 is 0 Å². The second kappa shape index (κ2) is 7.92. The molecule has 0 saturated heterocycles. The Morgan fingerprint density at radius 1 is 1.16 bits per heavy atom. The highest BCUT2D eigenvalue weighted by Crippen LogP contribution is 2.02. The lowest BCUT2D eigenvalue weighted by atomic mass is 10.1. The summed E-state index contributed by atoms with van der Waals surface area (Å²) < 4.78 is 0. The van der Waals surface area contributed by atoms with Gasteiger partial charge in [-0.2, -0.15) is 0 Å². The van der Waals surface area contributed by atoms with Crippen LogP contribution in [-0.2, 0) is 11.3 Å². The Labute approximate surface area is 113 Å². The average molecular weight is 261 g/mol. The van der Waals surface area contributed by atoms with Crippen molar-refractivity contribution < 1.29 is 9.59 Å². The molecule has 102 valence electrons. The van der Waals surface area contributed by atoms with Crippen molar-refractivity contribution in [1.82, 2.24) is 16.0 Å². The monoisotopic (exact) mass is 261 g/mol. The number of hydrogen-bond donors (Lipinski definition) is 3. The summed E-state index contributed by atoms with van der Waals surface area (Å²) in [5.41, 5.74) is 2.18. The normalized spacial score (nSPS) is 9.53. The van der Waals surface area contributed by atoms with E-state index in [0.29, 0.717) is 13.1 Å². The Bertz CT molecular complexity index is 441. The summed E-state index contributed by atoms with van der Waals surface area (Å²) in [5.74, 6) is -0.245. The number of rotatable bonds is 6. The van der Waals surface area contributed by atoms with Crippen LogP contribution < -0.4 is 16.0 Å². The molecule has 0 aromatic heterocycles. The van der Waals surface area contributed by atoms with Crippen LogP contribution in [0.3, 0.4) is 0 Å². The van der Waals surface area contributed by atoms with E-state index in [-0.39, 0.29) is 18.5 Å². The van der Waals surface area contributed by atoms with Crippen molar-refractivity contribution in [3.05, 3.63) is 48.0 Å². The molecule has 1 aromatic rings. The summed E-state index contributed by atoms with van der Waals surface area (Å²) in [6.45, 7) is 6.27. The molecule has 1 aromatic carbocycles. The predicted molar refractivity (Wildman–Crippen MR) is 74.6 cm³/mol. The van der Waals surface area contributed by atoms with Crippen LogP contribution in [-0.4, -0.2) is 25.0 Å². The Morgan fingerprint density at radius 2 is 1.84 bits per heavy atom. The molecule has 0 unspecified atom stereocenters. The standard InChI is InChI=1S/C14H19N3O2/c1-3-8-15-13(18)10-17-14(19)16-9-12-6-4-11(2)5-7-12/h3-7H,1,8-10H2,2H3,(H,15,18)(H2,16,17,19). The fourth-order valence-corrected chi connectivity index (χ4v) is 1.36. The maximum absolute atomic E-state index is 11.4. The summed E-state index contributed by atoms with van der Waals surface area (Å²) in [4.78, 5) is 22.7. The average Bonchev–Trinajstić information content (AvgIpc) is 2.42. The van der Waals surface area contributed by atoms with Crippen molar-refractivity contribution in [3.8, 4) is 0 Å². The van der Waals surface area contributed by atoms with Gasteiger partial charge in [0.2, 0.25) is 5.91 Å². The smallest absolute Gasteiger partial charge is 0.315 e. The van der Waals surface area contributed by atoms with Gasteiger partial charge in [0.25, 0.3) is 0 Å². The molecule has 19 heavy (non-hydrogen) atoms. The maximum atomic E-state index is 11.4. The topological polar surface area (TPSA) is 70.2 Å². The number of benzene rings is 1. The quantitative estimate of drug-likeness (QED) is 0.671.